The van der Waals surface area contributed by atoms with Gasteiger partial charge in [-0.25, -0.2) is 4.68 Å². The van der Waals surface area contributed by atoms with Crippen molar-refractivity contribution in [2.45, 2.75) is 23.1 Å². The third kappa shape index (κ3) is 5.53. The monoisotopic (exact) mass is 569 g/mol. The van der Waals surface area contributed by atoms with Crippen LogP contribution < -0.4 is 16.8 Å². The summed E-state index contributed by atoms with van der Waals surface area (Å²) in [5, 5.41) is 28.0. The van der Waals surface area contributed by atoms with Gasteiger partial charge >= 0.3 is 5.97 Å². The van der Waals surface area contributed by atoms with E-state index in [1.54, 1.807) is 0 Å². The van der Waals surface area contributed by atoms with Crippen molar-refractivity contribution in [3.05, 3.63) is 18.5 Å². The molecule has 0 saturated carbocycles. The fourth-order valence-electron chi connectivity index (χ4n) is 3.55. The predicted octanol–water partition coefficient (Wildman–Crippen LogP) is -1.76. The van der Waals surface area contributed by atoms with Gasteiger partial charge in [0.2, 0.25) is 22.6 Å². The summed E-state index contributed by atoms with van der Waals surface area (Å²) < 4.78 is 5.48. The number of amides is 2. The van der Waals surface area contributed by atoms with E-state index in [-0.39, 0.29) is 41.3 Å². The molecular weight excluding hydrogens is 546 g/mol. The van der Waals surface area contributed by atoms with Crippen molar-refractivity contribution in [3.8, 4) is 0 Å². The van der Waals surface area contributed by atoms with Gasteiger partial charge in [-0.2, -0.15) is 9.36 Å². The van der Waals surface area contributed by atoms with E-state index in [0.29, 0.717) is 18.2 Å². The lowest BCUT2D eigenvalue weighted by Gasteiger charge is -2.53. The molecular formula is C18H23N11O5S3. The lowest BCUT2D eigenvalue weighted by molar-refractivity contribution is -0.157. The summed E-state index contributed by atoms with van der Waals surface area (Å²) >= 11 is 3.34. The molecule has 0 spiro atoms. The second-order valence-electron chi connectivity index (χ2n) is 7.95. The molecule has 4 heterocycles. The molecule has 198 valence electrons. The number of rotatable bonds is 12. The molecule has 4 rings (SSSR count). The van der Waals surface area contributed by atoms with Gasteiger partial charge in [-0.05, 0) is 10.4 Å². The van der Waals surface area contributed by atoms with Crippen LogP contribution in [0.1, 0.15) is 5.82 Å². The van der Waals surface area contributed by atoms with E-state index in [0.717, 1.165) is 11.5 Å². The summed E-state index contributed by atoms with van der Waals surface area (Å²) in [6, 6.07) is -0.880. The van der Waals surface area contributed by atoms with Crippen LogP contribution in [0.3, 0.4) is 0 Å². The Kier molecular flexibility index (Phi) is 8.25. The minimum Gasteiger partial charge on any atom is -0.481 e. The van der Waals surface area contributed by atoms with E-state index in [4.69, 9.17) is 16.3 Å². The normalized spacial score (nSPS) is 23.2. The first-order chi connectivity index (χ1) is 17.8. The van der Waals surface area contributed by atoms with Crippen molar-refractivity contribution >= 4 is 63.7 Å². The van der Waals surface area contributed by atoms with Crippen LogP contribution in [0.5, 0.6) is 0 Å². The number of carbonyl (C=O) groups excluding carboxylic acids is 2. The average molecular weight is 570 g/mol. The van der Waals surface area contributed by atoms with E-state index in [2.05, 4.69) is 41.9 Å². The number of carboxylic acid groups (broad SMARTS) is 1. The number of aliphatic carboxylic acids is 1. The molecule has 2 aliphatic rings. The molecule has 0 aliphatic carbocycles. The van der Waals surface area contributed by atoms with Gasteiger partial charge in [0.05, 0.1) is 6.54 Å². The van der Waals surface area contributed by atoms with Crippen molar-refractivity contribution in [2.24, 2.45) is 16.3 Å². The van der Waals surface area contributed by atoms with Crippen molar-refractivity contribution < 1.29 is 24.3 Å². The van der Waals surface area contributed by atoms with Gasteiger partial charge in [-0.3, -0.25) is 14.4 Å². The Balaban J connectivity index is 1.42. The highest BCUT2D eigenvalue weighted by atomic mass is 32.2. The van der Waals surface area contributed by atoms with Gasteiger partial charge in [0, 0.05) is 36.1 Å². The highest BCUT2D eigenvalue weighted by Crippen LogP contribution is 2.44. The number of anilines is 1. The number of nitrogens with zero attached hydrogens (tertiary/aromatic N) is 8. The van der Waals surface area contributed by atoms with Gasteiger partial charge < -0.3 is 31.6 Å². The van der Waals surface area contributed by atoms with Crippen molar-refractivity contribution in [2.75, 3.05) is 36.9 Å². The summed E-state index contributed by atoms with van der Waals surface area (Å²) in [5.74, 6) is -1.86. The maximum absolute atomic E-state index is 13.0. The minimum atomic E-state index is -1.23. The summed E-state index contributed by atoms with van der Waals surface area (Å²) in [5.41, 5.74) is 9.70. The molecule has 0 aromatic carbocycles. The Bertz CT molecular complexity index is 1220. The third-order valence-electron chi connectivity index (χ3n) is 5.42. The van der Waals surface area contributed by atoms with E-state index in [9.17, 15) is 19.5 Å². The largest absolute Gasteiger partial charge is 0.481 e. The summed E-state index contributed by atoms with van der Waals surface area (Å²) in [7, 11) is 0. The van der Waals surface area contributed by atoms with Crippen LogP contribution in [0.15, 0.2) is 23.0 Å². The second kappa shape index (κ2) is 11.4. The first-order valence-electron chi connectivity index (χ1n) is 10.8. The Labute approximate surface area is 222 Å². The summed E-state index contributed by atoms with van der Waals surface area (Å²) in [6.07, 6.45) is 1.44. The first kappa shape index (κ1) is 26.8. The van der Waals surface area contributed by atoms with Gasteiger partial charge in [0.15, 0.2) is 5.13 Å². The number of aromatic nitrogens is 6. The molecule has 6 N–H and O–H groups in total. The smallest absolute Gasteiger partial charge is 0.313 e. The molecule has 2 fully saturated rings. The summed E-state index contributed by atoms with van der Waals surface area (Å²) in [6.45, 7) is 4.25. The lowest BCUT2D eigenvalue weighted by Crippen LogP contribution is -2.74. The molecule has 2 saturated heterocycles. The second-order valence-corrected chi connectivity index (χ2v) is 10.8. The number of tetrazole rings is 1. The number of nitrogens with two attached hydrogens (primary N) is 2. The van der Waals surface area contributed by atoms with E-state index in [1.807, 2.05) is 0 Å². The maximum Gasteiger partial charge on any atom is 0.313 e. The number of fused-ring (bicyclic) bond motifs is 1. The number of hydrogen-bond donors (Lipinski definition) is 4. The highest BCUT2D eigenvalue weighted by Gasteiger charge is 2.57. The van der Waals surface area contributed by atoms with E-state index in [1.165, 1.54) is 39.2 Å². The van der Waals surface area contributed by atoms with Gasteiger partial charge in [-0.15, -0.1) is 16.9 Å². The molecule has 0 bridgehead atoms. The SMILES string of the molecule is C=CCON=C(C(=O)NC1C(=O)N2CC(CSc3nnnn3CCN)(C(=O)O)CS[C@H]12)c1nsc(N)n1. The topological polar surface area (TPSA) is 230 Å². The van der Waals surface area contributed by atoms with E-state index < -0.39 is 34.6 Å². The first-order valence-corrected chi connectivity index (χ1v) is 13.6. The molecule has 37 heavy (non-hydrogen) atoms. The molecule has 19 heteroatoms. The predicted molar refractivity (Wildman–Crippen MR) is 135 cm³/mol. The zero-order valence-electron chi connectivity index (χ0n) is 19.2. The fourth-order valence-corrected chi connectivity index (χ4v) is 6.75. The number of oxime groups is 1. The number of nitrogen functional groups attached to an aromatic ring is 1. The third-order valence-corrected chi connectivity index (χ3v) is 8.80. The van der Waals surface area contributed by atoms with Crippen LogP contribution in [0.4, 0.5) is 5.13 Å². The van der Waals surface area contributed by atoms with Crippen molar-refractivity contribution in [3.63, 3.8) is 0 Å². The Morgan fingerprint density at radius 3 is 2.95 bits per heavy atom. The lowest BCUT2D eigenvalue weighted by atomic mass is 9.89. The van der Waals surface area contributed by atoms with Crippen molar-refractivity contribution in [1.82, 2.24) is 39.8 Å². The van der Waals surface area contributed by atoms with Crippen LogP contribution in [-0.2, 0) is 25.8 Å². The fraction of sp³-hybridized carbons (Fsp3) is 0.500. The number of nitrogens with one attached hydrogen (secondary N) is 1. The molecule has 2 aromatic rings. The average Bonchev–Trinajstić information content (AvgIpc) is 3.52. The van der Waals surface area contributed by atoms with Crippen LogP contribution in [-0.4, -0.2) is 106 Å². The molecule has 2 aromatic heterocycles. The molecule has 2 unspecified atom stereocenters. The number of hydrogen-bond acceptors (Lipinski definition) is 15. The van der Waals surface area contributed by atoms with Crippen molar-refractivity contribution in [1.29, 1.82) is 0 Å². The van der Waals surface area contributed by atoms with Gasteiger partial charge in [0.1, 0.15) is 23.4 Å². The maximum atomic E-state index is 13.0. The zero-order valence-corrected chi connectivity index (χ0v) is 21.7. The van der Waals surface area contributed by atoms with Gasteiger partial charge in [0.25, 0.3) is 5.91 Å². The number of thioether (sulfide) groups is 2. The zero-order chi connectivity index (χ0) is 26.6. The summed E-state index contributed by atoms with van der Waals surface area (Å²) in [4.78, 5) is 48.6. The molecule has 2 amide bonds. The van der Waals surface area contributed by atoms with Crippen LogP contribution in [0, 0.1) is 5.41 Å². The highest BCUT2D eigenvalue weighted by molar-refractivity contribution is 8.00. The van der Waals surface area contributed by atoms with Gasteiger partial charge in [-0.1, -0.05) is 29.6 Å². The van der Waals surface area contributed by atoms with Crippen LogP contribution >= 0.6 is 35.1 Å². The van der Waals surface area contributed by atoms with Crippen LogP contribution in [0.2, 0.25) is 0 Å². The molecule has 3 atom stereocenters. The molecule has 16 nitrogen and oxygen atoms in total. The molecule has 0 radical (unpaired) electrons. The number of carboxylic acids is 1. The minimum absolute atomic E-state index is 0.0236. The number of carbonyl (C=O) groups is 3. The Hall–Kier alpha value is -3.29. The number of β-lactam (4-membered cyclic amide) rings is 1. The Morgan fingerprint density at radius 1 is 1.46 bits per heavy atom. The molecule has 2 aliphatic heterocycles. The Morgan fingerprint density at radius 2 is 2.27 bits per heavy atom. The van der Waals surface area contributed by atoms with E-state index >= 15 is 0 Å². The van der Waals surface area contributed by atoms with Crippen LogP contribution in [0.25, 0.3) is 0 Å². The standard InChI is InChI=1S/C18H23N11O5S3/c1-2-5-34-24-9(11-22-16(20)37-25-11)12(30)21-10-13(31)28-6-18(15(32)33,7-35-14(10)28)8-36-17-23-26-27-29(17)4-3-19/h2,10,14H,1,3-8,19H2,(H,21,30)(H,32,33)(H2,20,22,25)/t10?,14-,18?/m1/s1. The quantitative estimate of drug-likeness (QED) is 0.0554.